The van der Waals surface area contributed by atoms with Crippen molar-refractivity contribution < 1.29 is 22.7 Å². The highest BCUT2D eigenvalue weighted by Crippen LogP contribution is 2.65. The van der Waals surface area contributed by atoms with Gasteiger partial charge < -0.3 is 20.1 Å². The number of anilines is 2. The molecule has 4 aliphatic rings. The largest absolute Gasteiger partial charge is 0.497 e. The Morgan fingerprint density at radius 3 is 2.69 bits per heavy atom. The molecule has 2 saturated carbocycles. The Hall–Kier alpha value is -2.89. The normalized spacial score (nSPS) is 32.5. The number of hydrazine groups is 1. The Balaban J connectivity index is 1.16. The van der Waals surface area contributed by atoms with E-state index in [0.717, 1.165) is 48.9 Å². The summed E-state index contributed by atoms with van der Waals surface area (Å²) >= 11 is 0. The number of fused-ring (bicyclic) bond motifs is 3. The first-order valence-corrected chi connectivity index (χ1v) is 14.2. The third-order valence-electron chi connectivity index (χ3n) is 8.47. The number of rotatable bonds is 6. The minimum absolute atomic E-state index is 0.00259. The van der Waals surface area contributed by atoms with E-state index in [0.29, 0.717) is 23.4 Å². The molecular weight excluding hydrogens is 482 g/mol. The number of amides is 1. The van der Waals surface area contributed by atoms with Crippen molar-refractivity contribution in [2.45, 2.75) is 48.3 Å². The van der Waals surface area contributed by atoms with Crippen molar-refractivity contribution in [2.75, 3.05) is 31.1 Å². The van der Waals surface area contributed by atoms with Gasteiger partial charge in [0, 0.05) is 23.9 Å². The van der Waals surface area contributed by atoms with Crippen LogP contribution in [0.1, 0.15) is 31.2 Å². The number of ether oxygens (including phenoxy) is 2. The highest BCUT2D eigenvalue weighted by molar-refractivity contribution is 7.90. The lowest BCUT2D eigenvalue weighted by Gasteiger charge is -2.34. The van der Waals surface area contributed by atoms with E-state index in [9.17, 15) is 13.2 Å². The van der Waals surface area contributed by atoms with Crippen LogP contribution in [0, 0.1) is 17.8 Å². The summed E-state index contributed by atoms with van der Waals surface area (Å²) in [5, 5.41) is 6.45. The summed E-state index contributed by atoms with van der Waals surface area (Å²) in [7, 11) is -0.256. The molecule has 2 aromatic rings. The number of methoxy groups -OCH3 is 2. The molecule has 4 N–H and O–H groups in total. The second-order valence-electron chi connectivity index (χ2n) is 10.4. The summed E-state index contributed by atoms with van der Waals surface area (Å²) < 4.78 is 34.8. The maximum Gasteiger partial charge on any atom is 0.235 e. The fraction of sp³-hybridized carbons (Fsp3) is 0.520. The van der Waals surface area contributed by atoms with Crippen LogP contribution >= 0.6 is 0 Å². The fourth-order valence-electron chi connectivity index (χ4n) is 6.57. The van der Waals surface area contributed by atoms with Gasteiger partial charge in [0.05, 0.1) is 25.8 Å². The van der Waals surface area contributed by atoms with Gasteiger partial charge in [0.15, 0.2) is 26.4 Å². The molecule has 1 aromatic carbocycles. The van der Waals surface area contributed by atoms with Gasteiger partial charge in [-0.05, 0) is 73.4 Å². The summed E-state index contributed by atoms with van der Waals surface area (Å²) in [5.41, 5.74) is 8.30. The fourth-order valence-corrected chi connectivity index (χ4v) is 7.14. The van der Waals surface area contributed by atoms with Crippen molar-refractivity contribution in [1.29, 1.82) is 0 Å². The number of sulfone groups is 1. The average molecular weight is 514 g/mol. The molecule has 6 atom stereocenters. The molecule has 1 amide bonds. The van der Waals surface area contributed by atoms with E-state index < -0.39 is 15.3 Å². The maximum atomic E-state index is 13.1. The highest BCUT2D eigenvalue weighted by atomic mass is 32.2. The molecule has 6 rings (SSSR count). The molecule has 4 unspecified atom stereocenters. The lowest BCUT2D eigenvalue weighted by molar-refractivity contribution is -0.118. The maximum absolute atomic E-state index is 13.1. The Kier molecular flexibility index (Phi) is 5.43. The molecule has 10 nitrogen and oxygen atoms in total. The van der Waals surface area contributed by atoms with Crippen LogP contribution in [0.5, 0.6) is 11.5 Å². The van der Waals surface area contributed by atoms with Gasteiger partial charge in [-0.1, -0.05) is 0 Å². The van der Waals surface area contributed by atoms with Crippen molar-refractivity contribution >= 4 is 27.2 Å². The second kappa shape index (κ2) is 8.32. The smallest absolute Gasteiger partial charge is 0.235 e. The van der Waals surface area contributed by atoms with Crippen LogP contribution in [0.15, 0.2) is 35.4 Å². The zero-order valence-corrected chi connectivity index (χ0v) is 21.3. The summed E-state index contributed by atoms with van der Waals surface area (Å²) in [6.45, 7) is 0. The van der Waals surface area contributed by atoms with Gasteiger partial charge in [0.1, 0.15) is 5.75 Å². The van der Waals surface area contributed by atoms with E-state index in [1.165, 1.54) is 13.2 Å². The number of hydrogen-bond acceptors (Lipinski definition) is 9. The second-order valence-corrected chi connectivity index (χ2v) is 12.3. The molecule has 192 valence electrons. The number of aromatic nitrogens is 1. The van der Waals surface area contributed by atoms with Crippen LogP contribution in [0.3, 0.4) is 0 Å². The standard InChI is InChI=1S/C25H31N5O5S/c1-34-14-5-7-18-16(11-14)25(24(31)26-18)12-17(25)13-4-6-15-19(10-13)29-30-22(15)28-23-20(35-2)8-9-21(27-23)36(3,32)33/h5,7-9,11,13,15,17,19,22,29-30H,4,6,10,12H2,1-3H3,(H,26,31)(H,27,28)/t13?,15?,17-,19?,22?,25-/m0/s1. The molecule has 1 spiro atoms. The van der Waals surface area contributed by atoms with Gasteiger partial charge in [-0.15, -0.1) is 0 Å². The molecule has 36 heavy (non-hydrogen) atoms. The Morgan fingerprint density at radius 2 is 1.94 bits per heavy atom. The van der Waals surface area contributed by atoms with Crippen molar-refractivity contribution in [2.24, 2.45) is 17.8 Å². The Bertz CT molecular complexity index is 1330. The lowest BCUT2D eigenvalue weighted by Crippen LogP contribution is -2.39. The lowest BCUT2D eigenvalue weighted by atomic mass is 9.74. The number of carbonyl (C=O) groups is 1. The molecule has 11 heteroatoms. The van der Waals surface area contributed by atoms with Gasteiger partial charge in [-0.3, -0.25) is 10.2 Å². The Morgan fingerprint density at radius 1 is 1.11 bits per heavy atom. The predicted octanol–water partition coefficient (Wildman–Crippen LogP) is 2.04. The first-order chi connectivity index (χ1) is 17.2. The summed E-state index contributed by atoms with van der Waals surface area (Å²) in [4.78, 5) is 17.4. The van der Waals surface area contributed by atoms with Crippen molar-refractivity contribution in [3.8, 4) is 11.5 Å². The predicted molar refractivity (Wildman–Crippen MR) is 134 cm³/mol. The van der Waals surface area contributed by atoms with Gasteiger partial charge in [-0.25, -0.2) is 18.8 Å². The first kappa shape index (κ1) is 23.5. The average Bonchev–Trinajstić information content (AvgIpc) is 3.42. The van der Waals surface area contributed by atoms with Gasteiger partial charge in [0.2, 0.25) is 5.91 Å². The third-order valence-corrected chi connectivity index (χ3v) is 9.45. The minimum Gasteiger partial charge on any atom is -0.497 e. The third kappa shape index (κ3) is 3.63. The van der Waals surface area contributed by atoms with Crippen LogP contribution in [-0.2, 0) is 20.0 Å². The van der Waals surface area contributed by atoms with Crippen molar-refractivity contribution in [3.63, 3.8) is 0 Å². The Labute approximate surface area is 210 Å². The molecule has 3 heterocycles. The quantitative estimate of drug-likeness (QED) is 0.458. The van der Waals surface area contributed by atoms with E-state index in [2.05, 4.69) is 26.5 Å². The zero-order chi connectivity index (χ0) is 25.2. The number of nitrogens with one attached hydrogen (secondary N) is 4. The molecular formula is C25H31N5O5S. The molecule has 2 aliphatic heterocycles. The number of nitrogens with zero attached hydrogens (tertiary/aromatic N) is 1. The van der Waals surface area contributed by atoms with E-state index in [1.54, 1.807) is 13.2 Å². The van der Waals surface area contributed by atoms with Crippen LogP contribution in [0.4, 0.5) is 11.5 Å². The van der Waals surface area contributed by atoms with Crippen LogP contribution in [-0.4, -0.2) is 52.0 Å². The van der Waals surface area contributed by atoms with Crippen molar-refractivity contribution in [1.82, 2.24) is 15.8 Å². The summed E-state index contributed by atoms with van der Waals surface area (Å²) in [5.74, 6) is 2.81. The van der Waals surface area contributed by atoms with E-state index in [-0.39, 0.29) is 29.1 Å². The summed E-state index contributed by atoms with van der Waals surface area (Å²) in [6.07, 6.45) is 4.84. The first-order valence-electron chi connectivity index (χ1n) is 12.3. The SMILES string of the molecule is COc1ccc2c(c1)[C@]1(C[C@H]1C1CCC3C(C1)NNC3Nc1nc(S(C)(=O)=O)ccc1OC)C(=O)N2. The monoisotopic (exact) mass is 513 g/mol. The minimum atomic E-state index is -3.44. The molecule has 0 radical (unpaired) electrons. The van der Waals surface area contributed by atoms with Gasteiger partial charge >= 0.3 is 0 Å². The van der Waals surface area contributed by atoms with Crippen LogP contribution < -0.4 is 31.0 Å². The van der Waals surface area contributed by atoms with Crippen molar-refractivity contribution in [3.05, 3.63) is 35.9 Å². The number of pyridine rings is 1. The topological polar surface area (TPSA) is 131 Å². The number of hydrogen-bond donors (Lipinski definition) is 4. The molecule has 1 saturated heterocycles. The van der Waals surface area contributed by atoms with Crippen LogP contribution in [0.2, 0.25) is 0 Å². The molecule has 3 fully saturated rings. The van der Waals surface area contributed by atoms with Gasteiger partial charge in [0.25, 0.3) is 0 Å². The molecule has 2 aliphatic carbocycles. The molecule has 1 aromatic heterocycles. The van der Waals surface area contributed by atoms with Crippen LogP contribution in [0.25, 0.3) is 0 Å². The number of carbonyl (C=O) groups excluding carboxylic acids is 1. The van der Waals surface area contributed by atoms with E-state index in [1.807, 2.05) is 18.2 Å². The van der Waals surface area contributed by atoms with E-state index >= 15 is 0 Å². The number of benzene rings is 1. The highest BCUT2D eigenvalue weighted by Gasteiger charge is 2.67. The summed E-state index contributed by atoms with van der Waals surface area (Å²) in [6, 6.07) is 9.14. The zero-order valence-electron chi connectivity index (χ0n) is 20.5. The van der Waals surface area contributed by atoms with Gasteiger partial charge in [-0.2, -0.15) is 0 Å². The van der Waals surface area contributed by atoms with E-state index in [4.69, 9.17) is 9.47 Å². The molecule has 0 bridgehead atoms.